The van der Waals surface area contributed by atoms with Crippen LogP contribution in [0.4, 0.5) is 0 Å². The molecule has 1 unspecified atom stereocenters. The maximum absolute atomic E-state index is 9.41. The Balaban J connectivity index is 2.00. The lowest BCUT2D eigenvalue weighted by atomic mass is 9.96. The molecule has 0 aliphatic rings. The average molecular weight is 289 g/mol. The smallest absolute Gasteiger partial charge is 0.109 e. The number of aliphatic hydroxyl groups is 1. The predicted octanol–water partition coefficient (Wildman–Crippen LogP) is 2.74. The minimum atomic E-state index is -0.162. The van der Waals surface area contributed by atoms with Crippen LogP contribution in [-0.4, -0.2) is 33.9 Å². The van der Waals surface area contributed by atoms with E-state index in [9.17, 15) is 5.11 Å². The summed E-state index contributed by atoms with van der Waals surface area (Å²) in [5.74, 6) is 1.16. The van der Waals surface area contributed by atoms with Gasteiger partial charge >= 0.3 is 0 Å². The van der Waals surface area contributed by atoms with Crippen molar-refractivity contribution in [1.29, 1.82) is 0 Å². The van der Waals surface area contributed by atoms with Crippen LogP contribution in [-0.2, 0) is 13.0 Å². The molecule has 0 radical (unpaired) electrons. The molecule has 2 aromatic rings. The number of nitrogens with one attached hydrogen (secondary N) is 1. The number of rotatable bonds is 8. The molecule has 4 heteroatoms. The van der Waals surface area contributed by atoms with Crippen molar-refractivity contribution in [2.75, 3.05) is 13.7 Å². The Labute approximate surface area is 127 Å². The highest BCUT2D eigenvalue weighted by molar-refractivity contribution is 5.75. The molecule has 21 heavy (non-hydrogen) atoms. The van der Waals surface area contributed by atoms with Gasteiger partial charge in [-0.25, -0.2) is 4.98 Å². The number of aromatic nitrogens is 2. The number of likely N-dealkylation sites (N-methyl/N-ethyl adjacent to an activating group) is 1. The van der Waals surface area contributed by atoms with E-state index in [-0.39, 0.29) is 12.1 Å². The van der Waals surface area contributed by atoms with Gasteiger partial charge in [-0.3, -0.25) is 0 Å². The summed E-state index contributed by atoms with van der Waals surface area (Å²) in [4.78, 5) is 4.70. The minimum Gasteiger partial charge on any atom is -0.394 e. The van der Waals surface area contributed by atoms with E-state index < -0.39 is 0 Å². The highest BCUT2D eigenvalue weighted by Gasteiger charge is 2.19. The van der Waals surface area contributed by atoms with Crippen LogP contribution in [0.15, 0.2) is 24.3 Å². The SMILES string of the molecule is CCc1nc2ccccc2n1CCCCC(C)(CO)NC. The molecule has 0 bridgehead atoms. The van der Waals surface area contributed by atoms with Crippen LogP contribution in [0.25, 0.3) is 11.0 Å². The maximum Gasteiger partial charge on any atom is 0.109 e. The summed E-state index contributed by atoms with van der Waals surface area (Å²) >= 11 is 0. The average Bonchev–Trinajstić information content (AvgIpc) is 2.89. The monoisotopic (exact) mass is 289 g/mol. The van der Waals surface area contributed by atoms with Gasteiger partial charge in [0.15, 0.2) is 0 Å². The van der Waals surface area contributed by atoms with Crippen LogP contribution < -0.4 is 5.32 Å². The van der Waals surface area contributed by atoms with Gasteiger partial charge in [-0.15, -0.1) is 0 Å². The lowest BCUT2D eigenvalue weighted by Gasteiger charge is -2.26. The van der Waals surface area contributed by atoms with Gasteiger partial charge in [0.2, 0.25) is 0 Å². The Bertz CT molecular complexity index is 572. The molecule has 0 fully saturated rings. The molecule has 2 rings (SSSR count). The first-order chi connectivity index (χ1) is 10.1. The molecule has 116 valence electrons. The highest BCUT2D eigenvalue weighted by atomic mass is 16.3. The Morgan fingerprint density at radius 3 is 2.71 bits per heavy atom. The van der Waals surface area contributed by atoms with Gasteiger partial charge in [0.1, 0.15) is 5.82 Å². The van der Waals surface area contributed by atoms with Gasteiger partial charge in [0, 0.05) is 18.5 Å². The third kappa shape index (κ3) is 3.63. The first-order valence-corrected chi connectivity index (χ1v) is 7.87. The Morgan fingerprint density at radius 1 is 1.29 bits per heavy atom. The van der Waals surface area contributed by atoms with Crippen LogP contribution in [0.5, 0.6) is 0 Å². The Morgan fingerprint density at radius 2 is 2.05 bits per heavy atom. The minimum absolute atomic E-state index is 0.162. The van der Waals surface area contributed by atoms with Gasteiger partial charge in [-0.1, -0.05) is 19.1 Å². The van der Waals surface area contributed by atoms with E-state index in [0.29, 0.717) is 0 Å². The van der Waals surface area contributed by atoms with E-state index in [1.165, 1.54) is 5.52 Å². The fraction of sp³-hybridized carbons (Fsp3) is 0.588. The molecule has 4 nitrogen and oxygen atoms in total. The standard InChI is InChI=1S/C17H27N3O/c1-4-16-19-14-9-5-6-10-15(14)20(16)12-8-7-11-17(2,13-21)18-3/h5-6,9-10,18,21H,4,7-8,11-13H2,1-3H3. The molecular formula is C17H27N3O. The Kier molecular flexibility index (Phi) is 5.37. The molecule has 1 aromatic carbocycles. The second-order valence-corrected chi connectivity index (χ2v) is 5.95. The first-order valence-electron chi connectivity index (χ1n) is 7.87. The van der Waals surface area contributed by atoms with Crippen LogP contribution in [0, 0.1) is 0 Å². The molecule has 1 atom stereocenters. The van der Waals surface area contributed by atoms with Gasteiger partial charge in [0.05, 0.1) is 17.6 Å². The second kappa shape index (κ2) is 7.05. The number of imidazole rings is 1. The zero-order valence-electron chi connectivity index (χ0n) is 13.4. The summed E-state index contributed by atoms with van der Waals surface area (Å²) in [6.07, 6.45) is 4.13. The molecule has 2 N–H and O–H groups in total. The summed E-state index contributed by atoms with van der Waals surface area (Å²) in [7, 11) is 1.91. The van der Waals surface area contributed by atoms with E-state index in [4.69, 9.17) is 4.98 Å². The van der Waals surface area contributed by atoms with Crippen molar-refractivity contribution in [3.05, 3.63) is 30.1 Å². The van der Waals surface area contributed by atoms with E-state index >= 15 is 0 Å². The third-order valence-electron chi connectivity index (χ3n) is 4.36. The Hall–Kier alpha value is -1.39. The van der Waals surface area contributed by atoms with Crippen molar-refractivity contribution in [3.63, 3.8) is 0 Å². The lowest BCUT2D eigenvalue weighted by Crippen LogP contribution is -2.43. The van der Waals surface area contributed by atoms with Crippen LogP contribution >= 0.6 is 0 Å². The van der Waals surface area contributed by atoms with Crippen molar-refractivity contribution >= 4 is 11.0 Å². The van der Waals surface area contributed by atoms with E-state index in [1.54, 1.807) is 0 Å². The quantitative estimate of drug-likeness (QED) is 0.735. The first kappa shape index (κ1) is 16.0. The number of nitrogens with zero attached hydrogens (tertiary/aromatic N) is 2. The molecule has 1 heterocycles. The molecule has 0 spiro atoms. The van der Waals surface area contributed by atoms with Gasteiger partial charge in [-0.05, 0) is 45.4 Å². The zero-order chi connectivity index (χ0) is 15.3. The number of para-hydroxylation sites is 2. The van der Waals surface area contributed by atoms with Gasteiger partial charge < -0.3 is 15.0 Å². The van der Waals surface area contributed by atoms with Crippen LogP contribution in [0.1, 0.15) is 38.9 Å². The fourth-order valence-electron chi connectivity index (χ4n) is 2.71. The molecule has 0 aliphatic carbocycles. The van der Waals surface area contributed by atoms with Crippen molar-refractivity contribution in [1.82, 2.24) is 14.9 Å². The maximum atomic E-state index is 9.41. The number of aryl methyl sites for hydroxylation is 2. The molecule has 0 amide bonds. The summed E-state index contributed by atoms with van der Waals surface area (Å²) in [5.41, 5.74) is 2.16. The normalized spacial score (nSPS) is 14.5. The van der Waals surface area contributed by atoms with E-state index in [0.717, 1.165) is 43.6 Å². The van der Waals surface area contributed by atoms with Crippen LogP contribution in [0.3, 0.4) is 0 Å². The zero-order valence-corrected chi connectivity index (χ0v) is 13.4. The summed E-state index contributed by atoms with van der Waals surface area (Å²) in [6, 6.07) is 8.34. The molecule has 0 saturated carbocycles. The highest BCUT2D eigenvalue weighted by Crippen LogP contribution is 2.19. The van der Waals surface area contributed by atoms with Crippen molar-refractivity contribution < 1.29 is 5.11 Å². The van der Waals surface area contributed by atoms with E-state index in [2.05, 4.69) is 41.9 Å². The van der Waals surface area contributed by atoms with Gasteiger partial charge in [-0.2, -0.15) is 0 Å². The summed E-state index contributed by atoms with van der Waals surface area (Å²) in [6.45, 7) is 5.39. The predicted molar refractivity (Wildman–Crippen MR) is 87.5 cm³/mol. The molecule has 0 aliphatic heterocycles. The lowest BCUT2D eigenvalue weighted by molar-refractivity contribution is 0.170. The van der Waals surface area contributed by atoms with E-state index in [1.807, 2.05) is 13.1 Å². The second-order valence-electron chi connectivity index (χ2n) is 5.95. The number of unbranched alkanes of at least 4 members (excludes halogenated alkanes) is 1. The number of fused-ring (bicyclic) bond motifs is 1. The fourth-order valence-corrected chi connectivity index (χ4v) is 2.71. The number of aliphatic hydroxyl groups excluding tert-OH is 1. The summed E-state index contributed by atoms with van der Waals surface area (Å²) < 4.78 is 2.34. The van der Waals surface area contributed by atoms with Crippen molar-refractivity contribution in [3.8, 4) is 0 Å². The molecular weight excluding hydrogens is 262 g/mol. The summed E-state index contributed by atoms with van der Waals surface area (Å²) in [5, 5.41) is 12.6. The largest absolute Gasteiger partial charge is 0.394 e. The van der Waals surface area contributed by atoms with Crippen molar-refractivity contribution in [2.45, 2.75) is 51.6 Å². The third-order valence-corrected chi connectivity index (χ3v) is 4.36. The number of benzene rings is 1. The van der Waals surface area contributed by atoms with Gasteiger partial charge in [0.25, 0.3) is 0 Å². The number of hydrogen-bond acceptors (Lipinski definition) is 3. The topological polar surface area (TPSA) is 50.1 Å². The molecule has 0 saturated heterocycles. The number of hydrogen-bond donors (Lipinski definition) is 2. The molecule has 1 aromatic heterocycles. The van der Waals surface area contributed by atoms with Crippen molar-refractivity contribution in [2.24, 2.45) is 0 Å². The van der Waals surface area contributed by atoms with Crippen LogP contribution in [0.2, 0.25) is 0 Å².